The van der Waals surface area contributed by atoms with Crippen molar-refractivity contribution in [2.75, 3.05) is 28.2 Å². The fourth-order valence-corrected chi connectivity index (χ4v) is 5.12. The van der Waals surface area contributed by atoms with Crippen LogP contribution in [0.5, 0.6) is 0 Å². The predicted molar refractivity (Wildman–Crippen MR) is 130 cm³/mol. The minimum absolute atomic E-state index is 0.720. The molecule has 0 radical (unpaired) electrons. The van der Waals surface area contributed by atoms with Crippen LogP contribution in [0.4, 0.5) is 0 Å². The van der Waals surface area contributed by atoms with Gasteiger partial charge >= 0.3 is 0 Å². The lowest BCUT2D eigenvalue weighted by Gasteiger charge is -2.48. The first-order valence-corrected chi connectivity index (χ1v) is 11.0. The largest absolute Gasteiger partial charge is 0.333 e. The minimum Gasteiger partial charge on any atom is -0.333 e. The molecule has 0 heterocycles. The van der Waals surface area contributed by atoms with Crippen molar-refractivity contribution in [3.8, 4) is 0 Å². The molecule has 1 aliphatic carbocycles. The molecule has 152 valence electrons. The highest BCUT2D eigenvalue weighted by Gasteiger charge is 2.38. The maximum atomic E-state index is 2.35. The maximum Gasteiger partial charge on any atom is 0.0842 e. The molecule has 0 saturated heterocycles. The number of quaternary nitrogens is 1. The van der Waals surface area contributed by atoms with Crippen LogP contribution in [0.1, 0.15) is 25.7 Å². The fraction of sp³-hybridized carbons (Fsp3) is 0.333. The highest BCUT2D eigenvalue weighted by atomic mass is 15.2. The molecular weight excluding hydrogens is 349 g/mol. The van der Waals surface area contributed by atoms with Gasteiger partial charge in [0.05, 0.1) is 34.3 Å². The summed E-state index contributed by atoms with van der Waals surface area (Å²) in [6.45, 7) is 0. The third-order valence-electron chi connectivity index (χ3n) is 6.08. The van der Waals surface area contributed by atoms with Gasteiger partial charge in [0.1, 0.15) is 0 Å². The Labute approximate surface area is 177 Å². The van der Waals surface area contributed by atoms with E-state index in [0.29, 0.717) is 0 Å². The molecule has 1 fully saturated rings. The zero-order chi connectivity index (χ0) is 20.7. The van der Waals surface area contributed by atoms with Crippen LogP contribution >= 0.6 is 0 Å². The normalized spacial score (nSPS) is 14.9. The van der Waals surface area contributed by atoms with E-state index in [2.05, 4.69) is 119 Å². The van der Waals surface area contributed by atoms with Crippen LogP contribution in [0.25, 0.3) is 0 Å². The monoisotopic (exact) mass is 385 g/mol. The average molecular weight is 385 g/mol. The van der Waals surface area contributed by atoms with Crippen LogP contribution in [0, 0.1) is 0 Å². The summed E-state index contributed by atoms with van der Waals surface area (Å²) in [7, 11) is 8.50. The second-order valence-electron chi connectivity index (χ2n) is 9.89. The van der Waals surface area contributed by atoms with E-state index in [4.69, 9.17) is 0 Å². The quantitative estimate of drug-likeness (QED) is 0.461. The minimum atomic E-state index is -0.919. The van der Waals surface area contributed by atoms with Crippen molar-refractivity contribution in [3.05, 3.63) is 91.0 Å². The number of benzene rings is 3. The van der Waals surface area contributed by atoms with Gasteiger partial charge in [0.25, 0.3) is 0 Å². The van der Waals surface area contributed by atoms with Crippen LogP contribution in [0.2, 0.25) is 5.82 Å². The highest BCUT2D eigenvalue weighted by Crippen LogP contribution is 2.38. The van der Waals surface area contributed by atoms with E-state index in [9.17, 15) is 0 Å². The molecule has 0 atom stereocenters. The van der Waals surface area contributed by atoms with Crippen LogP contribution in [0.15, 0.2) is 91.0 Å². The third kappa shape index (κ3) is 5.19. The van der Waals surface area contributed by atoms with Gasteiger partial charge in [-0.2, -0.15) is 22.2 Å². The Balaban J connectivity index is 0.000000431. The van der Waals surface area contributed by atoms with Crippen LogP contribution in [0.3, 0.4) is 0 Å². The molecule has 2 heteroatoms. The molecule has 0 aromatic heterocycles. The Morgan fingerprint density at radius 3 is 1.10 bits per heavy atom. The summed E-state index contributed by atoms with van der Waals surface area (Å²) in [5.74, 6) is 0.720. The summed E-state index contributed by atoms with van der Waals surface area (Å²) >= 11 is 0. The topological polar surface area (TPSA) is 0 Å². The standard InChI is InChI=1S/C23H24B.C4H12N/c1-4-12-20(13-5-1)24(23-18-10-11-19-23,21-14-6-2-7-15-21)22-16-8-3-9-17-22;1-5(2,3)4/h1-9,12-17,23H,10-11,18-19H2;1-4H3/q-1;+1. The number of hydrogen-bond acceptors (Lipinski definition) is 0. The Morgan fingerprint density at radius 1 is 0.552 bits per heavy atom. The van der Waals surface area contributed by atoms with Gasteiger partial charge in [-0.15, -0.1) is 0 Å². The molecule has 0 aliphatic heterocycles. The lowest BCUT2D eigenvalue weighted by atomic mass is 9.10. The number of rotatable bonds is 4. The van der Waals surface area contributed by atoms with Crippen LogP contribution < -0.4 is 16.4 Å². The van der Waals surface area contributed by atoms with E-state index in [1.54, 1.807) is 0 Å². The van der Waals surface area contributed by atoms with Crippen molar-refractivity contribution in [1.29, 1.82) is 0 Å². The van der Waals surface area contributed by atoms with Gasteiger partial charge < -0.3 is 4.48 Å². The summed E-state index contributed by atoms with van der Waals surface area (Å²) in [6.07, 6.45) is 4.47. The van der Waals surface area contributed by atoms with Gasteiger partial charge in [-0.1, -0.05) is 117 Å². The van der Waals surface area contributed by atoms with Crippen molar-refractivity contribution in [3.63, 3.8) is 0 Å². The average Bonchev–Trinajstić information content (AvgIpc) is 3.25. The highest BCUT2D eigenvalue weighted by molar-refractivity contribution is 7.12. The molecule has 0 N–H and O–H groups in total. The zero-order valence-corrected chi connectivity index (χ0v) is 18.6. The summed E-state index contributed by atoms with van der Waals surface area (Å²) in [5, 5.41) is 0. The zero-order valence-electron chi connectivity index (χ0n) is 18.6. The van der Waals surface area contributed by atoms with E-state index in [0.717, 1.165) is 10.3 Å². The van der Waals surface area contributed by atoms with E-state index >= 15 is 0 Å². The van der Waals surface area contributed by atoms with E-state index < -0.39 is 6.15 Å². The maximum absolute atomic E-state index is 2.35. The summed E-state index contributed by atoms with van der Waals surface area (Å²) < 4.78 is 1.00. The van der Waals surface area contributed by atoms with Gasteiger partial charge in [-0.25, -0.2) is 0 Å². The number of nitrogens with zero attached hydrogens (tertiary/aromatic N) is 1. The molecule has 0 bridgehead atoms. The second kappa shape index (κ2) is 9.46. The molecule has 3 aromatic rings. The first kappa shape index (κ1) is 21.4. The van der Waals surface area contributed by atoms with Gasteiger partial charge in [0.2, 0.25) is 0 Å². The smallest absolute Gasteiger partial charge is 0.0842 e. The molecule has 1 nitrogen and oxygen atoms in total. The van der Waals surface area contributed by atoms with Gasteiger partial charge in [-0.05, 0) is 0 Å². The predicted octanol–water partition coefficient (Wildman–Crippen LogP) is 4.42. The lowest BCUT2D eigenvalue weighted by Crippen LogP contribution is -2.69. The van der Waals surface area contributed by atoms with E-state index in [1.165, 1.54) is 42.1 Å². The Kier molecular flexibility index (Phi) is 6.98. The molecule has 0 amide bonds. The SMILES string of the molecule is C[N+](C)(C)C.c1ccc([B-](c2ccccc2)(c2ccccc2)C2CCCC2)cc1. The molecular formula is C27H36BN. The van der Waals surface area contributed by atoms with Crippen molar-refractivity contribution >= 4 is 22.5 Å². The molecule has 29 heavy (non-hydrogen) atoms. The van der Waals surface area contributed by atoms with Crippen molar-refractivity contribution in [2.45, 2.75) is 31.5 Å². The molecule has 0 unspecified atom stereocenters. The van der Waals surface area contributed by atoms with Gasteiger partial charge in [0.15, 0.2) is 0 Å². The van der Waals surface area contributed by atoms with E-state index in [1.807, 2.05) is 0 Å². The Morgan fingerprint density at radius 2 is 0.828 bits per heavy atom. The van der Waals surface area contributed by atoms with E-state index in [-0.39, 0.29) is 0 Å². The molecule has 1 saturated carbocycles. The van der Waals surface area contributed by atoms with Crippen LogP contribution in [-0.4, -0.2) is 38.8 Å². The molecule has 1 aliphatic rings. The third-order valence-corrected chi connectivity index (χ3v) is 6.08. The Bertz CT molecular complexity index is 745. The fourth-order valence-electron chi connectivity index (χ4n) is 5.12. The first-order valence-electron chi connectivity index (χ1n) is 11.0. The van der Waals surface area contributed by atoms with Gasteiger partial charge in [-0.3, -0.25) is 0 Å². The Hall–Kier alpha value is -2.32. The second-order valence-corrected chi connectivity index (χ2v) is 9.89. The molecule has 4 rings (SSSR count). The van der Waals surface area contributed by atoms with Crippen LogP contribution in [-0.2, 0) is 0 Å². The number of hydrogen-bond donors (Lipinski definition) is 0. The van der Waals surface area contributed by atoms with Gasteiger partial charge in [0, 0.05) is 0 Å². The van der Waals surface area contributed by atoms with Crippen molar-refractivity contribution < 1.29 is 4.48 Å². The first-order chi connectivity index (χ1) is 13.9. The van der Waals surface area contributed by atoms with Crippen molar-refractivity contribution in [1.82, 2.24) is 0 Å². The van der Waals surface area contributed by atoms with Crippen molar-refractivity contribution in [2.24, 2.45) is 0 Å². The summed E-state index contributed by atoms with van der Waals surface area (Å²) in [5.41, 5.74) is 4.46. The summed E-state index contributed by atoms with van der Waals surface area (Å²) in [4.78, 5) is 0. The lowest BCUT2D eigenvalue weighted by molar-refractivity contribution is -0.849. The molecule has 3 aromatic carbocycles. The molecule has 0 spiro atoms. The summed E-state index contributed by atoms with van der Waals surface area (Å²) in [6, 6.07) is 33.7.